The number of unbranched alkanes of at least 4 members (excludes halogenated alkanes) is 1. The Morgan fingerprint density at radius 2 is 1.67 bits per heavy atom. The first kappa shape index (κ1) is 30.2. The molecule has 13 heteroatoms. The van der Waals surface area contributed by atoms with E-state index in [1.807, 2.05) is 0 Å². The Labute approximate surface area is 221 Å². The van der Waals surface area contributed by atoms with Gasteiger partial charge in [-0.05, 0) is 61.6 Å². The number of ether oxygens (including phenoxy) is 1. The smallest absolute Gasteiger partial charge is 0.430 e. The zero-order valence-electron chi connectivity index (χ0n) is 21.3. The minimum atomic E-state index is -5.97. The van der Waals surface area contributed by atoms with Crippen molar-refractivity contribution in [3.63, 3.8) is 0 Å². The maximum atomic E-state index is 13.3. The Balaban J connectivity index is 1.61. The molecule has 2 aromatic rings. The van der Waals surface area contributed by atoms with E-state index in [2.05, 4.69) is 5.32 Å². The summed E-state index contributed by atoms with van der Waals surface area (Å²) in [4.78, 5) is 14.0. The maximum Gasteiger partial charge on any atom is 0.430 e. The summed E-state index contributed by atoms with van der Waals surface area (Å²) >= 11 is 0. The van der Waals surface area contributed by atoms with Gasteiger partial charge in [-0.15, -0.1) is 0 Å². The van der Waals surface area contributed by atoms with Crippen molar-refractivity contribution in [3.8, 4) is 17.2 Å². The highest BCUT2D eigenvalue weighted by atomic mass is 19.4. The van der Waals surface area contributed by atoms with Crippen molar-refractivity contribution >= 4 is 6.03 Å². The minimum absolute atomic E-state index is 0.0947. The molecule has 0 spiro atoms. The molecule has 1 heterocycles. The van der Waals surface area contributed by atoms with E-state index in [9.17, 15) is 46.5 Å². The number of hydrogen-bond donors (Lipinski definition) is 4. The number of amides is 2. The summed E-state index contributed by atoms with van der Waals surface area (Å²) in [7, 11) is 0. The van der Waals surface area contributed by atoms with Crippen LogP contribution in [0.4, 0.5) is 31.1 Å². The van der Waals surface area contributed by atoms with Gasteiger partial charge in [0.1, 0.15) is 5.75 Å². The van der Waals surface area contributed by atoms with E-state index < -0.39 is 29.1 Å². The molecule has 0 bridgehead atoms. The van der Waals surface area contributed by atoms with E-state index >= 15 is 0 Å². The first-order valence-electron chi connectivity index (χ1n) is 12.2. The van der Waals surface area contributed by atoms with Crippen molar-refractivity contribution in [1.82, 2.24) is 10.2 Å². The molecule has 39 heavy (non-hydrogen) atoms. The fraction of sp³-hybridized carbons (Fsp3) is 0.500. The largest absolute Gasteiger partial charge is 0.504 e. The van der Waals surface area contributed by atoms with Crippen LogP contribution < -0.4 is 10.1 Å². The summed E-state index contributed by atoms with van der Waals surface area (Å²) < 4.78 is 85.3. The van der Waals surface area contributed by atoms with Crippen LogP contribution in [0.3, 0.4) is 0 Å². The van der Waals surface area contributed by atoms with Gasteiger partial charge in [-0.25, -0.2) is 4.79 Å². The van der Waals surface area contributed by atoms with Crippen LogP contribution in [0.15, 0.2) is 36.4 Å². The molecule has 1 atom stereocenters. The maximum absolute atomic E-state index is 13.3. The number of carbonyl (C=O) groups excluding carboxylic acids is 1. The van der Waals surface area contributed by atoms with Gasteiger partial charge < -0.3 is 30.3 Å². The number of benzene rings is 2. The van der Waals surface area contributed by atoms with Crippen LogP contribution in [0.2, 0.25) is 0 Å². The molecule has 2 aromatic carbocycles. The number of rotatable bonds is 10. The minimum Gasteiger partial charge on any atom is -0.504 e. The number of phenolic OH excluding ortho intramolecular Hbond substituents is 2. The fourth-order valence-corrected chi connectivity index (χ4v) is 4.50. The van der Waals surface area contributed by atoms with Crippen molar-refractivity contribution in [2.45, 2.75) is 63.0 Å². The molecule has 0 radical (unpaired) electrons. The highest BCUT2D eigenvalue weighted by Crippen LogP contribution is 2.50. The number of aliphatic hydroxyl groups is 1. The predicted molar refractivity (Wildman–Crippen MR) is 128 cm³/mol. The fourth-order valence-electron chi connectivity index (χ4n) is 4.50. The van der Waals surface area contributed by atoms with Crippen LogP contribution in [-0.2, 0) is 17.6 Å². The number of phenols is 2. The Bertz CT molecular complexity index is 1170. The third kappa shape index (κ3) is 6.13. The number of carbonyl (C=O) groups is 1. The van der Waals surface area contributed by atoms with Crippen molar-refractivity contribution in [1.29, 1.82) is 0 Å². The molecule has 1 aliphatic rings. The molecule has 2 amide bonds. The van der Waals surface area contributed by atoms with Crippen molar-refractivity contribution in [3.05, 3.63) is 53.1 Å². The standard InChI is InChI=1S/C26H30F6N2O5/c1-3-6-16-13-18(24(38,25(27,28)29)26(30,31)32)8-10-21(16)39-12-5-4-11-34-15-23(2,33-22(34)37)17-7-9-19(35)20(36)14-17/h7-10,13-14,35-36,38H,3-6,11-12,15H2,1-2H3,(H,33,37). The van der Waals surface area contributed by atoms with Crippen molar-refractivity contribution in [2.24, 2.45) is 0 Å². The van der Waals surface area contributed by atoms with Gasteiger partial charge in [0.05, 0.1) is 12.1 Å². The van der Waals surface area contributed by atoms with Crippen LogP contribution in [-0.4, -0.2) is 58.3 Å². The molecule has 216 valence electrons. The van der Waals surface area contributed by atoms with Crippen LogP contribution in [0.5, 0.6) is 17.2 Å². The first-order chi connectivity index (χ1) is 18.0. The lowest BCUT2D eigenvalue weighted by atomic mass is 9.90. The summed E-state index contributed by atoms with van der Waals surface area (Å²) in [6.07, 6.45) is -10.5. The monoisotopic (exact) mass is 564 g/mol. The average Bonchev–Trinajstić information content (AvgIpc) is 3.13. The van der Waals surface area contributed by atoms with E-state index in [1.165, 1.54) is 12.1 Å². The summed E-state index contributed by atoms with van der Waals surface area (Å²) in [5, 5.41) is 31.8. The summed E-state index contributed by atoms with van der Waals surface area (Å²) in [5.74, 6) is -0.474. The second-order valence-electron chi connectivity index (χ2n) is 9.72. The normalized spacial score (nSPS) is 18.4. The lowest BCUT2D eigenvalue weighted by molar-refractivity contribution is -0.376. The van der Waals surface area contributed by atoms with Crippen molar-refractivity contribution < 1.29 is 51.2 Å². The molecule has 3 rings (SSSR count). The lowest BCUT2D eigenvalue weighted by Crippen LogP contribution is -2.53. The lowest BCUT2D eigenvalue weighted by Gasteiger charge is -2.33. The quantitative estimate of drug-likeness (QED) is 0.174. The van der Waals surface area contributed by atoms with Gasteiger partial charge in [0.15, 0.2) is 11.5 Å². The molecular formula is C26H30F6N2O5. The average molecular weight is 565 g/mol. The molecule has 1 unspecified atom stereocenters. The van der Waals surface area contributed by atoms with Gasteiger partial charge in [0.25, 0.3) is 5.60 Å². The Kier molecular flexibility index (Phi) is 8.54. The second-order valence-corrected chi connectivity index (χ2v) is 9.72. The number of aromatic hydroxyl groups is 2. The summed E-state index contributed by atoms with van der Waals surface area (Å²) in [6, 6.07) is 6.20. The Hall–Kier alpha value is -3.35. The highest BCUT2D eigenvalue weighted by Gasteiger charge is 2.71. The van der Waals surface area contributed by atoms with E-state index in [1.54, 1.807) is 24.8 Å². The third-order valence-electron chi connectivity index (χ3n) is 6.69. The molecule has 0 aliphatic carbocycles. The molecule has 7 nitrogen and oxygen atoms in total. The Morgan fingerprint density at radius 1 is 1.00 bits per heavy atom. The van der Waals surface area contributed by atoms with E-state index in [0.717, 1.165) is 6.07 Å². The highest BCUT2D eigenvalue weighted by molar-refractivity contribution is 5.78. The Morgan fingerprint density at radius 3 is 2.26 bits per heavy atom. The van der Waals surface area contributed by atoms with Crippen molar-refractivity contribution in [2.75, 3.05) is 19.7 Å². The van der Waals surface area contributed by atoms with Gasteiger partial charge in [0, 0.05) is 18.7 Å². The van der Waals surface area contributed by atoms with Gasteiger partial charge in [0.2, 0.25) is 0 Å². The second kappa shape index (κ2) is 11.0. The van der Waals surface area contributed by atoms with Gasteiger partial charge in [-0.1, -0.05) is 25.5 Å². The van der Waals surface area contributed by atoms with E-state index in [4.69, 9.17) is 4.74 Å². The SMILES string of the molecule is CCCc1cc(C(O)(C(F)(F)F)C(F)(F)F)ccc1OCCCCN1CC(C)(c2ccc(O)c(O)c2)NC1=O. The van der Waals surface area contributed by atoms with Crippen LogP contribution in [0.1, 0.15) is 49.8 Å². The topological polar surface area (TPSA) is 102 Å². The summed E-state index contributed by atoms with van der Waals surface area (Å²) in [5.41, 5.74) is -6.43. The van der Waals surface area contributed by atoms with Gasteiger partial charge >= 0.3 is 18.4 Å². The molecule has 0 saturated carbocycles. The van der Waals surface area contributed by atoms with Gasteiger partial charge in [-0.3, -0.25) is 0 Å². The number of nitrogens with zero attached hydrogens (tertiary/aromatic N) is 1. The molecule has 4 N–H and O–H groups in total. The molecule has 1 fully saturated rings. The predicted octanol–water partition coefficient (Wildman–Crippen LogP) is 5.46. The molecule has 1 saturated heterocycles. The third-order valence-corrected chi connectivity index (χ3v) is 6.69. The zero-order valence-corrected chi connectivity index (χ0v) is 21.3. The van der Waals surface area contributed by atoms with Gasteiger partial charge in [-0.2, -0.15) is 26.3 Å². The zero-order chi connectivity index (χ0) is 29.2. The van der Waals surface area contributed by atoms with E-state index in [0.29, 0.717) is 50.0 Å². The number of alkyl halides is 6. The molecular weight excluding hydrogens is 534 g/mol. The number of urea groups is 1. The summed E-state index contributed by atoms with van der Waals surface area (Å²) in [6.45, 7) is 4.21. The first-order valence-corrected chi connectivity index (χ1v) is 12.2. The number of aryl methyl sites for hydroxylation is 1. The molecule has 1 aliphatic heterocycles. The number of hydrogen-bond acceptors (Lipinski definition) is 5. The number of halogens is 6. The number of nitrogens with one attached hydrogen (secondary N) is 1. The van der Waals surface area contributed by atoms with E-state index in [-0.39, 0.29) is 41.9 Å². The van der Waals surface area contributed by atoms with Crippen LogP contribution in [0, 0.1) is 0 Å². The molecule has 0 aromatic heterocycles. The van der Waals surface area contributed by atoms with Crippen LogP contribution >= 0.6 is 0 Å². The van der Waals surface area contributed by atoms with Crippen LogP contribution in [0.25, 0.3) is 0 Å².